The zero-order valence-electron chi connectivity index (χ0n) is 10.4. The van der Waals surface area contributed by atoms with Gasteiger partial charge in [0.1, 0.15) is 6.29 Å². The normalized spacial score (nSPS) is 30.1. The molecule has 0 bridgehead atoms. The maximum absolute atomic E-state index is 11.4. The van der Waals surface area contributed by atoms with Crippen molar-refractivity contribution >= 4 is 6.29 Å². The minimum atomic E-state index is -0.164. The van der Waals surface area contributed by atoms with Crippen LogP contribution in [0.1, 0.15) is 32.1 Å². The summed E-state index contributed by atoms with van der Waals surface area (Å²) in [5.74, 6) is 0. The van der Waals surface area contributed by atoms with Crippen molar-refractivity contribution in [3.63, 3.8) is 0 Å². The van der Waals surface area contributed by atoms with Crippen LogP contribution in [-0.2, 0) is 9.53 Å². The Morgan fingerprint density at radius 1 is 1.35 bits per heavy atom. The monoisotopic (exact) mass is 241 g/mol. The van der Waals surface area contributed by atoms with Crippen molar-refractivity contribution in [2.24, 2.45) is 5.41 Å². The van der Waals surface area contributed by atoms with Crippen LogP contribution < -0.4 is 0 Å². The van der Waals surface area contributed by atoms with Crippen LogP contribution in [0.2, 0.25) is 0 Å². The van der Waals surface area contributed by atoms with E-state index in [1.165, 1.54) is 6.42 Å². The van der Waals surface area contributed by atoms with Gasteiger partial charge in [-0.15, -0.1) is 0 Å². The van der Waals surface area contributed by atoms with Crippen LogP contribution in [0.25, 0.3) is 0 Å². The molecule has 1 N–H and O–H groups in total. The van der Waals surface area contributed by atoms with Gasteiger partial charge in [0.25, 0.3) is 0 Å². The van der Waals surface area contributed by atoms with Gasteiger partial charge < -0.3 is 14.6 Å². The molecule has 0 radical (unpaired) electrons. The van der Waals surface area contributed by atoms with Crippen LogP contribution in [0.3, 0.4) is 0 Å². The smallest absolute Gasteiger partial charge is 0.127 e. The fraction of sp³-hybridized carbons (Fsp3) is 0.923. The van der Waals surface area contributed by atoms with E-state index in [4.69, 9.17) is 4.74 Å². The lowest BCUT2D eigenvalue weighted by Gasteiger charge is -2.41. The second kappa shape index (κ2) is 5.94. The second-order valence-corrected chi connectivity index (χ2v) is 5.42. The molecular formula is C13H23NO3. The first kappa shape index (κ1) is 13.0. The summed E-state index contributed by atoms with van der Waals surface area (Å²) in [6, 6.07) is 0.0718. The third-order valence-corrected chi connectivity index (χ3v) is 4.18. The standard InChI is InChI=1S/C13H23NO3/c15-8-12-9-17-7-6-14(12)10-13(11-16)4-2-1-3-5-13/h11-12,15H,1-10H2. The molecule has 4 nitrogen and oxygen atoms in total. The van der Waals surface area contributed by atoms with Crippen molar-refractivity contribution in [2.75, 3.05) is 32.9 Å². The highest BCUT2D eigenvalue weighted by Gasteiger charge is 2.36. The third kappa shape index (κ3) is 3.06. The summed E-state index contributed by atoms with van der Waals surface area (Å²) in [6.45, 7) is 3.05. The molecule has 1 saturated carbocycles. The quantitative estimate of drug-likeness (QED) is 0.741. The van der Waals surface area contributed by atoms with Crippen LogP contribution in [0.4, 0.5) is 0 Å². The van der Waals surface area contributed by atoms with E-state index in [2.05, 4.69) is 4.90 Å². The molecule has 0 aromatic rings. The van der Waals surface area contributed by atoms with E-state index in [-0.39, 0.29) is 18.1 Å². The molecular weight excluding hydrogens is 218 g/mol. The number of rotatable bonds is 4. The number of carbonyl (C=O) groups is 1. The minimum absolute atomic E-state index is 0.0718. The first-order valence-electron chi connectivity index (χ1n) is 6.69. The van der Waals surface area contributed by atoms with Crippen molar-refractivity contribution in [3.05, 3.63) is 0 Å². The maximum atomic E-state index is 11.4. The summed E-state index contributed by atoms with van der Waals surface area (Å²) in [6.07, 6.45) is 6.75. The molecule has 4 heteroatoms. The third-order valence-electron chi connectivity index (χ3n) is 4.18. The van der Waals surface area contributed by atoms with Gasteiger partial charge in [0.05, 0.1) is 25.9 Å². The average molecular weight is 241 g/mol. The molecule has 0 spiro atoms. The van der Waals surface area contributed by atoms with Crippen molar-refractivity contribution in [2.45, 2.75) is 38.1 Å². The molecule has 1 saturated heterocycles. The summed E-state index contributed by atoms with van der Waals surface area (Å²) in [7, 11) is 0. The average Bonchev–Trinajstić information content (AvgIpc) is 2.40. The van der Waals surface area contributed by atoms with Gasteiger partial charge in [-0.1, -0.05) is 19.3 Å². The molecule has 0 amide bonds. The summed E-state index contributed by atoms with van der Waals surface area (Å²) in [4.78, 5) is 13.7. The Hall–Kier alpha value is -0.450. The van der Waals surface area contributed by atoms with Gasteiger partial charge in [0.2, 0.25) is 0 Å². The van der Waals surface area contributed by atoms with Crippen LogP contribution in [-0.4, -0.2) is 55.2 Å². The molecule has 0 aromatic heterocycles. The van der Waals surface area contributed by atoms with Crippen LogP contribution in [0.15, 0.2) is 0 Å². The molecule has 98 valence electrons. The van der Waals surface area contributed by atoms with E-state index in [1.807, 2.05) is 0 Å². The van der Waals surface area contributed by atoms with Crippen LogP contribution in [0, 0.1) is 5.41 Å². The zero-order valence-corrected chi connectivity index (χ0v) is 10.4. The van der Waals surface area contributed by atoms with Gasteiger partial charge in [0, 0.05) is 18.5 Å². The Morgan fingerprint density at radius 2 is 2.12 bits per heavy atom. The summed E-state index contributed by atoms with van der Waals surface area (Å²) < 4.78 is 5.37. The van der Waals surface area contributed by atoms with Crippen LogP contribution in [0.5, 0.6) is 0 Å². The highest BCUT2D eigenvalue weighted by molar-refractivity contribution is 5.60. The van der Waals surface area contributed by atoms with Gasteiger partial charge in [-0.2, -0.15) is 0 Å². The van der Waals surface area contributed by atoms with E-state index < -0.39 is 0 Å². The highest BCUT2D eigenvalue weighted by atomic mass is 16.5. The molecule has 17 heavy (non-hydrogen) atoms. The summed E-state index contributed by atoms with van der Waals surface area (Å²) >= 11 is 0. The first-order chi connectivity index (χ1) is 8.29. The SMILES string of the molecule is O=CC1(CN2CCOCC2CO)CCCCC1. The Labute approximate surface area is 103 Å². The van der Waals surface area contributed by atoms with Crippen molar-refractivity contribution in [3.8, 4) is 0 Å². The topological polar surface area (TPSA) is 49.8 Å². The fourth-order valence-electron chi connectivity index (χ4n) is 3.04. The van der Waals surface area contributed by atoms with Gasteiger partial charge in [0.15, 0.2) is 0 Å². The van der Waals surface area contributed by atoms with E-state index in [1.54, 1.807) is 0 Å². The minimum Gasteiger partial charge on any atom is -0.395 e. The van der Waals surface area contributed by atoms with Gasteiger partial charge in [-0.3, -0.25) is 4.90 Å². The molecule has 0 aromatic carbocycles. The predicted molar refractivity (Wildman–Crippen MR) is 64.8 cm³/mol. The van der Waals surface area contributed by atoms with Crippen molar-refractivity contribution in [1.29, 1.82) is 0 Å². The summed E-state index contributed by atoms with van der Waals surface area (Å²) in [5.41, 5.74) is -0.164. The number of hydrogen-bond donors (Lipinski definition) is 1. The number of nitrogens with zero attached hydrogens (tertiary/aromatic N) is 1. The van der Waals surface area contributed by atoms with Gasteiger partial charge in [-0.25, -0.2) is 0 Å². The molecule has 2 fully saturated rings. The Kier molecular flexibility index (Phi) is 4.54. The number of morpholine rings is 1. The van der Waals surface area contributed by atoms with Crippen molar-refractivity contribution in [1.82, 2.24) is 4.90 Å². The maximum Gasteiger partial charge on any atom is 0.127 e. The number of aliphatic hydroxyl groups excluding tert-OH is 1. The number of aliphatic hydroxyl groups is 1. The number of aldehydes is 1. The fourth-order valence-corrected chi connectivity index (χ4v) is 3.04. The molecule has 2 aliphatic rings. The largest absolute Gasteiger partial charge is 0.395 e. The summed E-state index contributed by atoms with van der Waals surface area (Å²) in [5, 5.41) is 9.34. The lowest BCUT2D eigenvalue weighted by atomic mass is 9.74. The highest BCUT2D eigenvalue weighted by Crippen LogP contribution is 2.35. The second-order valence-electron chi connectivity index (χ2n) is 5.42. The van der Waals surface area contributed by atoms with E-state index >= 15 is 0 Å². The number of ether oxygens (including phenoxy) is 1. The van der Waals surface area contributed by atoms with Crippen LogP contribution >= 0.6 is 0 Å². The first-order valence-corrected chi connectivity index (χ1v) is 6.69. The van der Waals surface area contributed by atoms with E-state index in [0.29, 0.717) is 13.2 Å². The Balaban J connectivity index is 1.98. The van der Waals surface area contributed by atoms with Gasteiger partial charge >= 0.3 is 0 Å². The molecule has 1 atom stereocenters. The lowest BCUT2D eigenvalue weighted by molar-refractivity contribution is -0.121. The predicted octanol–water partition coefficient (Wildman–Crippen LogP) is 0.829. The Morgan fingerprint density at radius 3 is 2.76 bits per heavy atom. The zero-order chi connectivity index (χ0) is 12.1. The van der Waals surface area contributed by atoms with E-state index in [0.717, 1.165) is 45.1 Å². The lowest BCUT2D eigenvalue weighted by Crippen LogP contribution is -2.52. The molecule has 1 aliphatic carbocycles. The molecule has 1 heterocycles. The number of hydrogen-bond acceptors (Lipinski definition) is 4. The molecule has 2 rings (SSSR count). The number of carbonyl (C=O) groups excluding carboxylic acids is 1. The van der Waals surface area contributed by atoms with E-state index in [9.17, 15) is 9.90 Å². The van der Waals surface area contributed by atoms with Gasteiger partial charge in [-0.05, 0) is 12.8 Å². The Bertz CT molecular complexity index is 251. The molecule has 1 aliphatic heterocycles. The van der Waals surface area contributed by atoms with Crippen molar-refractivity contribution < 1.29 is 14.6 Å². The molecule has 1 unspecified atom stereocenters.